The van der Waals surface area contributed by atoms with Gasteiger partial charge in [0.25, 0.3) is 11.8 Å². The van der Waals surface area contributed by atoms with Crippen LogP contribution in [-0.2, 0) is 22.0 Å². The molecule has 3 N–H and O–H groups in total. The molecule has 0 aromatic heterocycles. The van der Waals surface area contributed by atoms with Crippen LogP contribution in [0.1, 0.15) is 108 Å². The number of halogens is 2. The number of nitrogens with zero attached hydrogens (tertiary/aromatic N) is 1. The van der Waals surface area contributed by atoms with Gasteiger partial charge in [0, 0.05) is 42.9 Å². The summed E-state index contributed by atoms with van der Waals surface area (Å²) in [4.78, 5) is 28.9. The monoisotopic (exact) mass is 697 g/mol. The summed E-state index contributed by atoms with van der Waals surface area (Å²) in [5, 5.41) is 16.8. The number of carbonyl (C=O) groups is 2. The molecule has 8 nitrogen and oxygen atoms in total. The van der Waals surface area contributed by atoms with Crippen LogP contribution >= 0.6 is 0 Å². The number of sulfone groups is 1. The summed E-state index contributed by atoms with van der Waals surface area (Å²) in [6.45, 7) is 12.5. The first-order valence-electron chi connectivity index (χ1n) is 17.1. The molecule has 3 aromatic carbocycles. The molecule has 1 aliphatic rings. The minimum atomic E-state index is -3.50. The quantitative estimate of drug-likeness (QED) is 0.190. The van der Waals surface area contributed by atoms with Gasteiger partial charge in [-0.3, -0.25) is 9.59 Å². The van der Waals surface area contributed by atoms with Gasteiger partial charge in [0.05, 0.1) is 23.1 Å². The van der Waals surface area contributed by atoms with Crippen LogP contribution in [0.3, 0.4) is 0 Å². The van der Waals surface area contributed by atoms with Crippen LogP contribution in [0, 0.1) is 18.6 Å². The van der Waals surface area contributed by atoms with Crippen molar-refractivity contribution in [2.75, 3.05) is 19.6 Å². The van der Waals surface area contributed by atoms with E-state index in [4.69, 9.17) is 0 Å². The van der Waals surface area contributed by atoms with Gasteiger partial charge in [-0.25, -0.2) is 17.2 Å². The van der Waals surface area contributed by atoms with E-state index in [0.29, 0.717) is 29.8 Å². The topological polar surface area (TPSA) is 116 Å². The van der Waals surface area contributed by atoms with Crippen LogP contribution < -0.4 is 10.6 Å². The zero-order chi connectivity index (χ0) is 36.0. The Morgan fingerprint density at radius 3 is 2.20 bits per heavy atom. The van der Waals surface area contributed by atoms with E-state index in [-0.39, 0.29) is 41.7 Å². The lowest BCUT2D eigenvalue weighted by molar-refractivity contribution is 0.0755. The van der Waals surface area contributed by atoms with E-state index in [1.165, 1.54) is 6.07 Å². The third kappa shape index (κ3) is 9.52. The van der Waals surface area contributed by atoms with E-state index < -0.39 is 50.8 Å². The third-order valence-electron chi connectivity index (χ3n) is 9.13. The molecule has 49 heavy (non-hydrogen) atoms. The van der Waals surface area contributed by atoms with Crippen molar-refractivity contribution in [3.05, 3.63) is 105 Å². The smallest absolute Gasteiger partial charge is 0.253 e. The minimum Gasteiger partial charge on any atom is -0.390 e. The maximum absolute atomic E-state index is 14.2. The number of fused-ring (bicyclic) bond motifs is 1. The second-order valence-electron chi connectivity index (χ2n) is 13.5. The maximum atomic E-state index is 14.2. The molecule has 2 amide bonds. The van der Waals surface area contributed by atoms with Crippen molar-refractivity contribution in [1.29, 1.82) is 0 Å². The molecule has 0 radical (unpaired) electrons. The fraction of sp³-hybridized carbons (Fsp3) is 0.474. The highest BCUT2D eigenvalue weighted by Gasteiger charge is 2.38. The first-order valence-corrected chi connectivity index (χ1v) is 18.8. The van der Waals surface area contributed by atoms with Crippen molar-refractivity contribution in [2.24, 2.45) is 0 Å². The van der Waals surface area contributed by atoms with Crippen LogP contribution in [0.4, 0.5) is 8.78 Å². The number of aliphatic hydroxyl groups excluding tert-OH is 1. The molecule has 4 rings (SSSR count). The Balaban J connectivity index is 1.63. The van der Waals surface area contributed by atoms with E-state index in [1.807, 2.05) is 32.0 Å². The van der Waals surface area contributed by atoms with Crippen molar-refractivity contribution in [3.8, 4) is 0 Å². The van der Waals surface area contributed by atoms with Gasteiger partial charge in [-0.2, -0.15) is 0 Å². The van der Waals surface area contributed by atoms with Crippen LogP contribution in [0.25, 0.3) is 0 Å². The van der Waals surface area contributed by atoms with E-state index in [1.54, 1.807) is 30.9 Å². The lowest BCUT2D eigenvalue weighted by Gasteiger charge is -2.34. The summed E-state index contributed by atoms with van der Waals surface area (Å²) in [7, 11) is -3.50. The minimum absolute atomic E-state index is 0.0813. The van der Waals surface area contributed by atoms with Crippen LogP contribution in [0.2, 0.25) is 0 Å². The molecule has 0 saturated carbocycles. The number of aryl methyl sites for hydroxylation is 1. The second kappa shape index (κ2) is 16.4. The Bertz CT molecular complexity index is 1740. The molecule has 0 fully saturated rings. The third-order valence-corrected chi connectivity index (χ3v) is 11.2. The Morgan fingerprint density at radius 1 is 0.959 bits per heavy atom. The SMILES string of the molecule is CCCN(CCC)C(=O)c1cc(C)cc(C(=O)N[C@@H](Cc2cc(F)cc(F)c2)[C@H](O)CN[C@H]2c3cc(C(C)C)ccc3CS(=O)(=O)[C@@H]2C)c1. The molecule has 0 spiro atoms. The first-order chi connectivity index (χ1) is 23.1. The van der Waals surface area contributed by atoms with Crippen molar-refractivity contribution in [2.45, 2.75) is 95.9 Å². The van der Waals surface area contributed by atoms with Crippen LogP contribution in [0.5, 0.6) is 0 Å². The molecule has 1 heterocycles. The fourth-order valence-corrected chi connectivity index (χ4v) is 8.08. The average Bonchev–Trinajstić information content (AvgIpc) is 3.03. The normalized spacial score (nSPS) is 18.1. The number of hydrogen-bond acceptors (Lipinski definition) is 6. The lowest BCUT2D eigenvalue weighted by atomic mass is 9.92. The van der Waals surface area contributed by atoms with Crippen LogP contribution in [-0.4, -0.2) is 67.3 Å². The fourth-order valence-electron chi connectivity index (χ4n) is 6.46. The predicted molar refractivity (Wildman–Crippen MR) is 188 cm³/mol. The molecule has 11 heteroatoms. The Kier molecular flexibility index (Phi) is 12.7. The molecular formula is C38H49F2N3O5S. The van der Waals surface area contributed by atoms with Gasteiger partial charge in [0.1, 0.15) is 11.6 Å². The molecule has 0 bridgehead atoms. The predicted octanol–water partition coefficient (Wildman–Crippen LogP) is 6.01. The van der Waals surface area contributed by atoms with Crippen molar-refractivity contribution < 1.29 is 31.9 Å². The highest BCUT2D eigenvalue weighted by atomic mass is 32.2. The van der Waals surface area contributed by atoms with Gasteiger partial charge in [0.2, 0.25) is 0 Å². The van der Waals surface area contributed by atoms with Crippen molar-refractivity contribution >= 4 is 21.7 Å². The number of nitrogens with one attached hydrogen (secondary N) is 2. The highest BCUT2D eigenvalue weighted by Crippen LogP contribution is 2.35. The van der Waals surface area contributed by atoms with Gasteiger partial charge in [-0.1, -0.05) is 45.9 Å². The molecule has 266 valence electrons. The summed E-state index contributed by atoms with van der Waals surface area (Å²) < 4.78 is 54.6. The zero-order valence-electron chi connectivity index (χ0n) is 29.2. The molecule has 0 aliphatic carbocycles. The van der Waals surface area contributed by atoms with E-state index in [0.717, 1.165) is 42.2 Å². The summed E-state index contributed by atoms with van der Waals surface area (Å²) in [6.07, 6.45) is 0.165. The number of aliphatic hydroxyl groups is 1. The van der Waals surface area contributed by atoms with Crippen molar-refractivity contribution in [1.82, 2.24) is 15.5 Å². The second-order valence-corrected chi connectivity index (χ2v) is 15.9. The molecule has 4 atom stereocenters. The van der Waals surface area contributed by atoms with Gasteiger partial charge < -0.3 is 20.6 Å². The summed E-state index contributed by atoms with van der Waals surface area (Å²) in [5.41, 5.74) is 4.07. The van der Waals surface area contributed by atoms with E-state index >= 15 is 0 Å². The molecule has 3 aromatic rings. The van der Waals surface area contributed by atoms with Gasteiger partial charge in [-0.05, 0) is 97.2 Å². The maximum Gasteiger partial charge on any atom is 0.253 e. The van der Waals surface area contributed by atoms with Gasteiger partial charge in [-0.15, -0.1) is 0 Å². The summed E-state index contributed by atoms with van der Waals surface area (Å²) in [6, 6.07) is 12.0. The standard InChI is InChI=1S/C38H49F2N3O5S/c1-7-11-43(12-8-2)38(46)30-14-24(5)13-29(18-30)37(45)42-34(17-26-15-31(39)20-32(40)16-26)35(44)21-41-36-25(6)49(47,48)22-28-10-9-27(23(3)4)19-33(28)36/h9-10,13-16,18-20,23,25,34-36,41,44H,7-8,11-12,17,21-22H2,1-6H3,(H,42,45)/t25-,34+,35-,36-/m1/s1. The Hall–Kier alpha value is -3.67. The summed E-state index contributed by atoms with van der Waals surface area (Å²) in [5.74, 6) is -2.21. The first kappa shape index (κ1) is 38.1. The number of hydrogen-bond donors (Lipinski definition) is 3. The molecule has 1 aliphatic heterocycles. The van der Waals surface area contributed by atoms with Gasteiger partial charge >= 0.3 is 0 Å². The Labute approximate surface area is 289 Å². The number of rotatable bonds is 14. The zero-order valence-corrected chi connectivity index (χ0v) is 30.0. The highest BCUT2D eigenvalue weighted by molar-refractivity contribution is 7.91. The number of carbonyl (C=O) groups excluding carboxylic acids is 2. The Morgan fingerprint density at radius 2 is 1.59 bits per heavy atom. The van der Waals surface area contributed by atoms with E-state index in [9.17, 15) is 31.9 Å². The number of amides is 2. The summed E-state index contributed by atoms with van der Waals surface area (Å²) >= 11 is 0. The molecule has 0 unspecified atom stereocenters. The van der Waals surface area contributed by atoms with Gasteiger partial charge in [0.15, 0.2) is 9.84 Å². The van der Waals surface area contributed by atoms with Crippen molar-refractivity contribution in [3.63, 3.8) is 0 Å². The van der Waals surface area contributed by atoms with E-state index in [2.05, 4.69) is 24.5 Å². The molecular weight excluding hydrogens is 648 g/mol. The van der Waals surface area contributed by atoms with Crippen LogP contribution in [0.15, 0.2) is 54.6 Å². The largest absolute Gasteiger partial charge is 0.390 e. The lowest BCUT2D eigenvalue weighted by Crippen LogP contribution is -2.51. The molecule has 0 saturated heterocycles. The average molecular weight is 698 g/mol. The number of benzene rings is 3.